The maximum atomic E-state index is 15.3. The van der Waals surface area contributed by atoms with Crippen LogP contribution in [0.4, 0.5) is 10.2 Å². The maximum Gasteiger partial charge on any atom is 0.254 e. The topological polar surface area (TPSA) is 130 Å². The van der Waals surface area contributed by atoms with E-state index in [-0.39, 0.29) is 57.7 Å². The van der Waals surface area contributed by atoms with E-state index >= 15 is 4.39 Å². The molecule has 0 radical (unpaired) electrons. The van der Waals surface area contributed by atoms with E-state index in [4.69, 9.17) is 27.6 Å². The van der Waals surface area contributed by atoms with Gasteiger partial charge in [0.2, 0.25) is 0 Å². The van der Waals surface area contributed by atoms with E-state index in [1.54, 1.807) is 6.07 Å². The second kappa shape index (κ2) is 9.58. The number of halogens is 2. The van der Waals surface area contributed by atoms with Crippen molar-refractivity contribution in [3.05, 3.63) is 51.6 Å². The molecule has 0 bridgehead atoms. The molecule has 0 saturated heterocycles. The first-order valence-electron chi connectivity index (χ1n) is 10.9. The smallest absolute Gasteiger partial charge is 0.254 e. The Labute approximate surface area is 202 Å². The van der Waals surface area contributed by atoms with Crippen LogP contribution in [-0.4, -0.2) is 26.6 Å². The lowest BCUT2D eigenvalue weighted by atomic mass is 9.90. The van der Waals surface area contributed by atoms with Crippen LogP contribution in [0.5, 0.6) is 0 Å². The molecule has 0 unspecified atom stereocenters. The number of hydrogen-bond donors (Lipinski definition) is 2. The fourth-order valence-electron chi connectivity index (χ4n) is 3.72. The van der Waals surface area contributed by atoms with Gasteiger partial charge in [0.05, 0.1) is 17.1 Å². The van der Waals surface area contributed by atoms with E-state index in [0.717, 1.165) is 5.69 Å². The SMILES string of the molecule is CC(C)n1nc(-c2ccc(CC(=O)Cc3cc(CC(C)(C)C)no3)c(Cl)c2F)c(C(N)=O)c1N. The van der Waals surface area contributed by atoms with Crippen molar-refractivity contribution in [2.75, 3.05) is 5.73 Å². The summed E-state index contributed by atoms with van der Waals surface area (Å²) >= 11 is 6.27. The van der Waals surface area contributed by atoms with Crippen LogP contribution in [-0.2, 0) is 24.1 Å². The van der Waals surface area contributed by atoms with Crippen molar-refractivity contribution in [2.24, 2.45) is 11.1 Å². The third-order valence-electron chi connectivity index (χ3n) is 5.18. The van der Waals surface area contributed by atoms with Gasteiger partial charge in [-0.2, -0.15) is 5.10 Å². The Balaban J connectivity index is 1.84. The Hall–Kier alpha value is -3.20. The first-order chi connectivity index (χ1) is 15.8. The molecule has 0 aliphatic carbocycles. The van der Waals surface area contributed by atoms with Crippen LogP contribution in [0.1, 0.15) is 68.0 Å². The van der Waals surface area contributed by atoms with Crippen LogP contribution in [0.2, 0.25) is 5.02 Å². The molecule has 4 N–H and O–H groups in total. The normalized spacial score (nSPS) is 11.9. The second-order valence-electron chi connectivity index (χ2n) is 9.83. The molecular formula is C24H29ClFN5O3. The van der Waals surface area contributed by atoms with E-state index in [1.165, 1.54) is 16.8 Å². The van der Waals surface area contributed by atoms with Crippen LogP contribution in [0, 0.1) is 11.2 Å². The molecule has 0 atom stereocenters. The Kier molecular flexibility index (Phi) is 7.16. The van der Waals surface area contributed by atoms with Gasteiger partial charge in [0.25, 0.3) is 5.91 Å². The second-order valence-corrected chi connectivity index (χ2v) is 10.2. The summed E-state index contributed by atoms with van der Waals surface area (Å²) in [6.07, 6.45) is 0.627. The van der Waals surface area contributed by atoms with Crippen molar-refractivity contribution in [1.82, 2.24) is 14.9 Å². The summed E-state index contributed by atoms with van der Waals surface area (Å²) in [6.45, 7) is 9.88. The number of rotatable bonds is 8. The highest BCUT2D eigenvalue weighted by atomic mass is 35.5. The number of Topliss-reactive ketones (excluding diaryl/α,β-unsaturated/α-hetero) is 1. The van der Waals surface area contributed by atoms with Gasteiger partial charge in [0.15, 0.2) is 5.82 Å². The molecule has 8 nitrogen and oxygen atoms in total. The monoisotopic (exact) mass is 489 g/mol. The molecule has 0 aliphatic rings. The van der Waals surface area contributed by atoms with Gasteiger partial charge in [0.1, 0.15) is 28.6 Å². The molecule has 1 aromatic carbocycles. The number of carbonyl (C=O) groups is 2. The maximum absolute atomic E-state index is 15.3. The molecular weight excluding hydrogens is 461 g/mol. The number of nitrogen functional groups attached to an aromatic ring is 1. The zero-order valence-corrected chi connectivity index (χ0v) is 20.7. The van der Waals surface area contributed by atoms with E-state index in [2.05, 4.69) is 31.0 Å². The van der Waals surface area contributed by atoms with Gasteiger partial charge in [-0.25, -0.2) is 9.07 Å². The lowest BCUT2D eigenvalue weighted by Gasteiger charge is -2.14. The van der Waals surface area contributed by atoms with Crippen molar-refractivity contribution < 1.29 is 18.5 Å². The number of anilines is 1. The van der Waals surface area contributed by atoms with Crippen LogP contribution in [0.25, 0.3) is 11.3 Å². The summed E-state index contributed by atoms with van der Waals surface area (Å²) in [6, 6.07) is 4.52. The number of nitrogens with zero attached hydrogens (tertiary/aromatic N) is 3. The lowest BCUT2D eigenvalue weighted by molar-refractivity contribution is -0.118. The fourth-order valence-corrected chi connectivity index (χ4v) is 3.95. The summed E-state index contributed by atoms with van der Waals surface area (Å²) in [7, 11) is 0. The number of primary amides is 1. The largest absolute Gasteiger partial charge is 0.383 e. The Bertz CT molecular complexity index is 1240. The Morgan fingerprint density at radius 3 is 2.50 bits per heavy atom. The predicted molar refractivity (Wildman–Crippen MR) is 128 cm³/mol. The molecule has 10 heteroatoms. The van der Waals surface area contributed by atoms with Crippen LogP contribution in [0.15, 0.2) is 22.7 Å². The highest BCUT2D eigenvalue weighted by molar-refractivity contribution is 6.32. The van der Waals surface area contributed by atoms with Gasteiger partial charge in [0, 0.05) is 24.1 Å². The van der Waals surface area contributed by atoms with Crippen molar-refractivity contribution in [2.45, 2.75) is 59.9 Å². The van der Waals surface area contributed by atoms with Gasteiger partial charge < -0.3 is 16.0 Å². The number of benzene rings is 1. The van der Waals surface area contributed by atoms with E-state index in [1.807, 2.05) is 13.8 Å². The molecule has 0 aliphatic heterocycles. The van der Waals surface area contributed by atoms with Crippen molar-refractivity contribution in [3.63, 3.8) is 0 Å². The third kappa shape index (κ3) is 5.47. The minimum absolute atomic E-state index is 0.00372. The average molecular weight is 490 g/mol. The first kappa shape index (κ1) is 25.4. The molecule has 0 spiro atoms. The molecule has 0 saturated carbocycles. The fraction of sp³-hybridized carbons (Fsp3) is 0.417. The highest BCUT2D eigenvalue weighted by Crippen LogP contribution is 2.35. The van der Waals surface area contributed by atoms with E-state index in [0.29, 0.717) is 17.7 Å². The van der Waals surface area contributed by atoms with Gasteiger partial charge in [-0.1, -0.05) is 43.6 Å². The molecule has 0 fully saturated rings. The molecule has 34 heavy (non-hydrogen) atoms. The first-order valence-corrected chi connectivity index (χ1v) is 11.3. The highest BCUT2D eigenvalue weighted by Gasteiger charge is 2.26. The predicted octanol–water partition coefficient (Wildman–Crippen LogP) is 4.54. The molecule has 182 valence electrons. The number of hydrogen-bond acceptors (Lipinski definition) is 6. The zero-order chi connectivity index (χ0) is 25.4. The minimum atomic E-state index is -0.827. The summed E-state index contributed by atoms with van der Waals surface area (Å²) in [5, 5.41) is 8.06. The molecule has 2 aromatic heterocycles. The van der Waals surface area contributed by atoms with Crippen molar-refractivity contribution in [3.8, 4) is 11.3 Å². The van der Waals surface area contributed by atoms with Crippen LogP contribution >= 0.6 is 11.6 Å². The van der Waals surface area contributed by atoms with Gasteiger partial charge in [-0.05, 0) is 37.3 Å². The van der Waals surface area contributed by atoms with Gasteiger partial charge >= 0.3 is 0 Å². The van der Waals surface area contributed by atoms with Crippen molar-refractivity contribution in [1.29, 1.82) is 0 Å². The number of ketones is 1. The Morgan fingerprint density at radius 2 is 1.91 bits per heavy atom. The average Bonchev–Trinajstić information content (AvgIpc) is 3.27. The number of carbonyl (C=O) groups excluding carboxylic acids is 2. The minimum Gasteiger partial charge on any atom is -0.383 e. The van der Waals surface area contributed by atoms with E-state index in [9.17, 15) is 9.59 Å². The molecule has 1 amide bonds. The summed E-state index contributed by atoms with van der Waals surface area (Å²) in [5.74, 6) is -1.36. The molecule has 3 aromatic rings. The quantitative estimate of drug-likeness (QED) is 0.477. The number of nitrogens with two attached hydrogens (primary N) is 2. The third-order valence-corrected chi connectivity index (χ3v) is 5.59. The summed E-state index contributed by atoms with van der Waals surface area (Å²) in [4.78, 5) is 24.6. The van der Waals surface area contributed by atoms with Crippen molar-refractivity contribution >= 4 is 29.1 Å². The Morgan fingerprint density at radius 1 is 1.24 bits per heavy atom. The number of aromatic nitrogens is 3. The van der Waals surface area contributed by atoms with Crippen LogP contribution < -0.4 is 11.5 Å². The summed E-state index contributed by atoms with van der Waals surface area (Å²) < 4.78 is 21.9. The van der Waals surface area contributed by atoms with Gasteiger partial charge in [-0.3, -0.25) is 9.59 Å². The number of amides is 1. The van der Waals surface area contributed by atoms with Gasteiger partial charge in [-0.15, -0.1) is 0 Å². The standard InChI is InChI=1S/C24H29ClFN5O3/c1-12(2)31-22(27)18(23(28)33)21(29-31)17-7-6-13(19(25)20(17)26)8-15(32)10-16-9-14(30-34-16)11-24(3,4)5/h6-7,9,12H,8,10-11,27H2,1-5H3,(H2,28,33). The lowest BCUT2D eigenvalue weighted by Crippen LogP contribution is -2.15. The zero-order valence-electron chi connectivity index (χ0n) is 19.9. The van der Waals surface area contributed by atoms with E-state index < -0.39 is 11.7 Å². The molecule has 3 rings (SSSR count). The molecule has 2 heterocycles. The van der Waals surface area contributed by atoms with Crippen LogP contribution in [0.3, 0.4) is 0 Å². The summed E-state index contributed by atoms with van der Waals surface area (Å²) in [5.41, 5.74) is 12.5.